The summed E-state index contributed by atoms with van der Waals surface area (Å²) in [6.07, 6.45) is 6.42. The number of hydrogen-bond donors (Lipinski definition) is 1. The zero-order chi connectivity index (χ0) is 22.6. The Bertz CT molecular complexity index is 1190. The van der Waals surface area contributed by atoms with Crippen LogP contribution in [0.1, 0.15) is 34.5 Å². The fourth-order valence-electron chi connectivity index (χ4n) is 3.27. The summed E-state index contributed by atoms with van der Waals surface area (Å²) in [5, 5.41) is 0. The molecule has 1 saturated heterocycles. The van der Waals surface area contributed by atoms with E-state index in [0.29, 0.717) is 13.1 Å². The Morgan fingerprint density at radius 2 is 1.88 bits per heavy atom. The van der Waals surface area contributed by atoms with Gasteiger partial charge >= 0.3 is 0 Å². The third kappa shape index (κ3) is 5.02. The predicted molar refractivity (Wildman–Crippen MR) is 118 cm³/mol. The van der Waals surface area contributed by atoms with E-state index in [-0.39, 0.29) is 34.8 Å². The number of nitrogens with zero attached hydrogens (tertiary/aromatic N) is 4. The zero-order valence-corrected chi connectivity index (χ0v) is 18.4. The number of hydrogen-bond acceptors (Lipinski definition) is 7. The van der Waals surface area contributed by atoms with Crippen LogP contribution >= 0.6 is 0 Å². The van der Waals surface area contributed by atoms with Crippen LogP contribution in [0.15, 0.2) is 59.9 Å². The minimum Gasteiger partial charge on any atom is -0.470 e. The van der Waals surface area contributed by atoms with Gasteiger partial charge < -0.3 is 9.64 Å². The zero-order valence-electron chi connectivity index (χ0n) is 17.6. The third-order valence-electron chi connectivity index (χ3n) is 5.01. The number of aromatic nitrogens is 3. The lowest BCUT2D eigenvalue weighted by atomic mass is 10.2. The first kappa shape index (κ1) is 21.7. The second-order valence-corrected chi connectivity index (χ2v) is 9.16. The number of ether oxygens (including phenoxy) is 1. The number of pyridine rings is 1. The fourth-order valence-corrected chi connectivity index (χ4v) is 4.27. The average Bonchev–Trinajstić information content (AvgIpc) is 3.34. The Hall–Kier alpha value is -3.53. The van der Waals surface area contributed by atoms with Crippen LogP contribution in [-0.4, -0.2) is 47.3 Å². The molecule has 0 bridgehead atoms. The minimum absolute atomic E-state index is 0.0745. The van der Waals surface area contributed by atoms with Crippen LogP contribution in [0.25, 0.3) is 0 Å². The van der Waals surface area contributed by atoms with Gasteiger partial charge in [-0.3, -0.25) is 14.5 Å². The molecule has 1 aliphatic rings. The molecular formula is C22H23N5O4S. The molecule has 1 fully saturated rings. The molecule has 3 heterocycles. The molecule has 4 rings (SSSR count). The van der Waals surface area contributed by atoms with Crippen LogP contribution in [0.4, 0.5) is 5.82 Å². The standard InChI is InChI=1S/C22H23N5O4S/c1-16-6-8-18(9-7-16)32(29,30)26-20-21(31-15-17-5-4-10-23-13-17)25-19(14-24-20)22(28)27-11-2-3-12-27/h4-10,13-14H,2-3,11-12,15H2,1H3,(H,24,26). The van der Waals surface area contributed by atoms with Crippen LogP contribution < -0.4 is 9.46 Å². The number of benzene rings is 1. The Morgan fingerprint density at radius 1 is 1.12 bits per heavy atom. The van der Waals surface area contributed by atoms with Crippen molar-refractivity contribution in [3.8, 4) is 5.88 Å². The molecule has 1 aromatic carbocycles. The number of carbonyl (C=O) groups excluding carboxylic acids is 1. The highest BCUT2D eigenvalue weighted by Gasteiger charge is 2.24. The second kappa shape index (κ2) is 9.31. The van der Waals surface area contributed by atoms with E-state index in [4.69, 9.17) is 4.74 Å². The van der Waals surface area contributed by atoms with Crippen molar-refractivity contribution in [2.75, 3.05) is 17.8 Å². The van der Waals surface area contributed by atoms with Gasteiger partial charge in [0.05, 0.1) is 11.1 Å². The number of anilines is 1. The molecule has 166 valence electrons. The van der Waals surface area contributed by atoms with Crippen molar-refractivity contribution in [2.45, 2.75) is 31.3 Å². The van der Waals surface area contributed by atoms with E-state index >= 15 is 0 Å². The van der Waals surface area contributed by atoms with Gasteiger partial charge in [0.25, 0.3) is 21.8 Å². The van der Waals surface area contributed by atoms with E-state index in [1.807, 2.05) is 13.0 Å². The van der Waals surface area contributed by atoms with Gasteiger partial charge in [-0.15, -0.1) is 0 Å². The van der Waals surface area contributed by atoms with Gasteiger partial charge in [-0.1, -0.05) is 23.8 Å². The molecule has 1 aliphatic heterocycles. The van der Waals surface area contributed by atoms with Gasteiger partial charge in [-0.25, -0.2) is 18.4 Å². The van der Waals surface area contributed by atoms with Crippen LogP contribution in [0.2, 0.25) is 0 Å². The quantitative estimate of drug-likeness (QED) is 0.585. The number of carbonyl (C=O) groups is 1. The Balaban J connectivity index is 1.63. The summed E-state index contributed by atoms with van der Waals surface area (Å²) in [5.74, 6) is -0.420. The van der Waals surface area contributed by atoms with Crippen molar-refractivity contribution < 1.29 is 17.9 Å². The van der Waals surface area contributed by atoms with E-state index in [1.165, 1.54) is 18.3 Å². The Labute approximate surface area is 186 Å². The molecule has 9 nitrogen and oxygen atoms in total. The Kier molecular flexibility index (Phi) is 6.31. The molecule has 2 aromatic heterocycles. The minimum atomic E-state index is -3.92. The summed E-state index contributed by atoms with van der Waals surface area (Å²) < 4.78 is 33.9. The summed E-state index contributed by atoms with van der Waals surface area (Å²) in [5.41, 5.74) is 1.80. The number of rotatable bonds is 7. The predicted octanol–water partition coefficient (Wildman–Crippen LogP) is 2.80. The Morgan fingerprint density at radius 3 is 2.56 bits per heavy atom. The molecule has 0 aliphatic carbocycles. The van der Waals surface area contributed by atoms with Crippen molar-refractivity contribution in [1.29, 1.82) is 0 Å². The summed E-state index contributed by atoms with van der Waals surface area (Å²) in [6.45, 7) is 3.28. The molecule has 3 aromatic rings. The van der Waals surface area contributed by atoms with Gasteiger partial charge in [0.1, 0.15) is 6.61 Å². The van der Waals surface area contributed by atoms with Gasteiger partial charge in [0.15, 0.2) is 5.69 Å². The van der Waals surface area contributed by atoms with E-state index in [1.54, 1.807) is 35.5 Å². The molecule has 0 atom stereocenters. The highest BCUT2D eigenvalue weighted by atomic mass is 32.2. The van der Waals surface area contributed by atoms with E-state index in [2.05, 4.69) is 19.7 Å². The monoisotopic (exact) mass is 453 g/mol. The highest BCUT2D eigenvalue weighted by molar-refractivity contribution is 7.92. The molecule has 0 saturated carbocycles. The van der Waals surface area contributed by atoms with Crippen LogP contribution in [0, 0.1) is 6.92 Å². The van der Waals surface area contributed by atoms with Crippen molar-refractivity contribution in [3.05, 3.63) is 71.8 Å². The number of aryl methyl sites for hydroxylation is 1. The van der Waals surface area contributed by atoms with Crippen molar-refractivity contribution in [1.82, 2.24) is 19.9 Å². The van der Waals surface area contributed by atoms with E-state index in [9.17, 15) is 13.2 Å². The SMILES string of the molecule is Cc1ccc(S(=O)(=O)Nc2ncc(C(=O)N3CCCC3)nc2OCc2cccnc2)cc1. The molecule has 0 radical (unpaired) electrons. The smallest absolute Gasteiger partial charge is 0.274 e. The number of likely N-dealkylation sites (tertiary alicyclic amines) is 1. The number of amides is 1. The first-order valence-electron chi connectivity index (χ1n) is 10.2. The topological polar surface area (TPSA) is 114 Å². The molecule has 0 unspecified atom stereocenters. The summed E-state index contributed by atoms with van der Waals surface area (Å²) in [7, 11) is -3.92. The number of sulfonamides is 1. The van der Waals surface area contributed by atoms with Gasteiger partial charge in [0, 0.05) is 31.0 Å². The maximum atomic E-state index is 12.8. The molecular weight excluding hydrogens is 430 g/mol. The molecule has 32 heavy (non-hydrogen) atoms. The van der Waals surface area contributed by atoms with Crippen molar-refractivity contribution in [2.24, 2.45) is 0 Å². The normalized spacial score (nSPS) is 13.7. The average molecular weight is 454 g/mol. The van der Waals surface area contributed by atoms with E-state index in [0.717, 1.165) is 24.0 Å². The van der Waals surface area contributed by atoms with Crippen LogP contribution in [-0.2, 0) is 16.6 Å². The lowest BCUT2D eigenvalue weighted by molar-refractivity contribution is 0.0785. The van der Waals surface area contributed by atoms with Gasteiger partial charge in [-0.2, -0.15) is 0 Å². The summed E-state index contributed by atoms with van der Waals surface area (Å²) >= 11 is 0. The largest absolute Gasteiger partial charge is 0.470 e. The molecule has 1 amide bonds. The summed E-state index contributed by atoms with van der Waals surface area (Å²) in [4.78, 5) is 27.0. The van der Waals surface area contributed by atoms with Crippen LogP contribution in [0.3, 0.4) is 0 Å². The van der Waals surface area contributed by atoms with Crippen molar-refractivity contribution in [3.63, 3.8) is 0 Å². The summed E-state index contributed by atoms with van der Waals surface area (Å²) in [6, 6.07) is 10.0. The first-order chi connectivity index (χ1) is 15.4. The van der Waals surface area contributed by atoms with Gasteiger partial charge in [0.2, 0.25) is 5.82 Å². The van der Waals surface area contributed by atoms with Gasteiger partial charge in [-0.05, 0) is 38.0 Å². The first-order valence-corrected chi connectivity index (χ1v) is 11.7. The molecule has 0 spiro atoms. The molecule has 1 N–H and O–H groups in total. The van der Waals surface area contributed by atoms with E-state index < -0.39 is 10.0 Å². The maximum Gasteiger partial charge on any atom is 0.274 e. The molecule has 10 heteroatoms. The maximum absolute atomic E-state index is 12.8. The lowest BCUT2D eigenvalue weighted by Crippen LogP contribution is -2.28. The second-order valence-electron chi connectivity index (χ2n) is 7.48. The fraction of sp³-hybridized carbons (Fsp3) is 0.273. The highest BCUT2D eigenvalue weighted by Crippen LogP contribution is 2.25. The lowest BCUT2D eigenvalue weighted by Gasteiger charge is -2.16. The van der Waals surface area contributed by atoms with Crippen LogP contribution in [0.5, 0.6) is 5.88 Å². The van der Waals surface area contributed by atoms with Crippen molar-refractivity contribution >= 4 is 21.7 Å². The number of nitrogens with one attached hydrogen (secondary N) is 1. The third-order valence-corrected chi connectivity index (χ3v) is 6.37.